The summed E-state index contributed by atoms with van der Waals surface area (Å²) in [4.78, 5) is 16.5. The molecule has 33 heavy (non-hydrogen) atoms. The molecule has 0 aliphatic carbocycles. The third-order valence-electron chi connectivity index (χ3n) is 5.19. The van der Waals surface area contributed by atoms with Crippen molar-refractivity contribution in [2.45, 2.75) is 53.7 Å². The molecule has 0 radical (unpaired) electrons. The Morgan fingerprint density at radius 2 is 1.91 bits per heavy atom. The molecule has 0 fully saturated rings. The van der Waals surface area contributed by atoms with E-state index >= 15 is 0 Å². The van der Waals surface area contributed by atoms with Crippen LogP contribution in [0.25, 0.3) is 0 Å². The quantitative estimate of drug-likeness (QED) is 0.183. The van der Waals surface area contributed by atoms with Crippen molar-refractivity contribution in [1.82, 2.24) is 14.7 Å². The number of nitrogens with one attached hydrogen (secondary N) is 3. The van der Waals surface area contributed by atoms with Crippen LogP contribution in [0.15, 0.2) is 64.9 Å². The van der Waals surface area contributed by atoms with Crippen LogP contribution >= 0.6 is 22.9 Å². The standard InChI is InChI=1S/C14H15NO.C11H16N2OS2.CH4.H2/c1-11(9-12-5-3-2-4-6-12)13-7-8-15-14(16)10-13;1-8-3-4-15-10(8)5-12-7-14-6-11-9(2)13-16-11;;/h2-8,10-11H,9H2,1H3,(H,15,16);3-4,12-13H,5-7H2,1-2H3;1H4;1H. The van der Waals surface area contributed by atoms with Crippen molar-refractivity contribution >= 4 is 22.9 Å². The topological polar surface area (TPSA) is 69.9 Å². The summed E-state index contributed by atoms with van der Waals surface area (Å²) in [5.74, 6) is 0.365. The summed E-state index contributed by atoms with van der Waals surface area (Å²) in [6.45, 7) is 8.56. The number of hydrogen-bond donors (Lipinski definition) is 3. The van der Waals surface area contributed by atoms with Crippen molar-refractivity contribution in [1.29, 1.82) is 0 Å². The summed E-state index contributed by atoms with van der Waals surface area (Å²) in [6.07, 6.45) is 2.67. The van der Waals surface area contributed by atoms with E-state index in [-0.39, 0.29) is 14.4 Å². The zero-order chi connectivity index (χ0) is 22.8. The van der Waals surface area contributed by atoms with Crippen molar-refractivity contribution < 1.29 is 6.16 Å². The van der Waals surface area contributed by atoms with E-state index in [4.69, 9.17) is 4.74 Å². The van der Waals surface area contributed by atoms with Gasteiger partial charge in [0.2, 0.25) is 5.56 Å². The fraction of sp³-hybridized carbons (Fsp3) is 0.346. The lowest BCUT2D eigenvalue weighted by molar-refractivity contribution is 0.104. The van der Waals surface area contributed by atoms with Crippen LogP contribution in [0.5, 0.6) is 0 Å². The maximum atomic E-state index is 11.2. The van der Waals surface area contributed by atoms with E-state index in [0.29, 0.717) is 19.3 Å². The molecule has 0 bridgehead atoms. The Balaban J connectivity index is 0.000000321. The number of aryl methyl sites for hydroxylation is 2. The maximum Gasteiger partial charge on any atom is 0.248 e. The Morgan fingerprint density at radius 3 is 2.52 bits per heavy atom. The molecule has 0 saturated carbocycles. The molecular weight excluding hydrogens is 450 g/mol. The molecule has 3 heterocycles. The highest BCUT2D eigenvalue weighted by Crippen LogP contribution is 2.18. The van der Waals surface area contributed by atoms with Crippen LogP contribution in [0.4, 0.5) is 0 Å². The van der Waals surface area contributed by atoms with Crippen LogP contribution in [-0.4, -0.2) is 16.1 Å². The number of aromatic nitrogens is 2. The van der Waals surface area contributed by atoms with E-state index in [2.05, 4.69) is 59.0 Å². The summed E-state index contributed by atoms with van der Waals surface area (Å²) >= 11 is 3.44. The van der Waals surface area contributed by atoms with Crippen LogP contribution in [0.1, 0.15) is 53.8 Å². The molecule has 1 atom stereocenters. The number of rotatable bonds is 9. The Hall–Kier alpha value is -2.45. The van der Waals surface area contributed by atoms with Gasteiger partial charge in [-0.1, -0.05) is 56.2 Å². The van der Waals surface area contributed by atoms with E-state index in [1.807, 2.05) is 24.3 Å². The fourth-order valence-electron chi connectivity index (χ4n) is 3.18. The molecular formula is C26H37N3O2S2. The van der Waals surface area contributed by atoms with Crippen LogP contribution in [0.3, 0.4) is 0 Å². The number of H-pyrrole nitrogens is 2. The van der Waals surface area contributed by atoms with E-state index in [1.165, 1.54) is 26.6 Å². The summed E-state index contributed by atoms with van der Waals surface area (Å²) in [5.41, 5.74) is 4.95. The summed E-state index contributed by atoms with van der Waals surface area (Å²) in [5, 5.41) is 5.41. The van der Waals surface area contributed by atoms with Gasteiger partial charge in [-0.15, -0.1) is 11.3 Å². The van der Waals surface area contributed by atoms with Crippen molar-refractivity contribution in [2.24, 2.45) is 0 Å². The molecule has 0 amide bonds. The van der Waals surface area contributed by atoms with Gasteiger partial charge in [-0.05, 0) is 60.4 Å². The molecule has 0 spiro atoms. The van der Waals surface area contributed by atoms with E-state index in [1.54, 1.807) is 35.1 Å². The third kappa shape index (κ3) is 8.78. The lowest BCUT2D eigenvalue weighted by atomic mass is 9.95. The average Bonchev–Trinajstić information content (AvgIpc) is 3.20. The Kier molecular flexibility index (Phi) is 11.3. The minimum atomic E-state index is -0.0302. The van der Waals surface area contributed by atoms with Gasteiger partial charge < -0.3 is 14.1 Å². The van der Waals surface area contributed by atoms with Gasteiger partial charge in [0.05, 0.1) is 18.2 Å². The van der Waals surface area contributed by atoms with E-state index in [9.17, 15) is 4.79 Å². The van der Waals surface area contributed by atoms with Gasteiger partial charge in [-0.25, -0.2) is 0 Å². The van der Waals surface area contributed by atoms with E-state index in [0.717, 1.165) is 18.5 Å². The lowest BCUT2D eigenvalue weighted by Crippen LogP contribution is -2.17. The zero-order valence-corrected chi connectivity index (χ0v) is 20.4. The fourth-order valence-corrected chi connectivity index (χ4v) is 4.65. The smallest absolute Gasteiger partial charge is 0.248 e. The minimum absolute atomic E-state index is 0. The van der Waals surface area contributed by atoms with Crippen molar-refractivity contribution in [3.05, 3.63) is 103 Å². The first-order valence-electron chi connectivity index (χ1n) is 10.7. The molecule has 0 aliphatic heterocycles. The van der Waals surface area contributed by atoms with Gasteiger partial charge in [0.15, 0.2) is 0 Å². The number of thiophene rings is 1. The van der Waals surface area contributed by atoms with Crippen molar-refractivity contribution in [3.63, 3.8) is 0 Å². The first kappa shape index (κ1) is 26.8. The van der Waals surface area contributed by atoms with Gasteiger partial charge >= 0.3 is 0 Å². The van der Waals surface area contributed by atoms with Gasteiger partial charge in [0, 0.05) is 30.8 Å². The molecule has 4 aromatic rings. The Bertz CT molecular complexity index is 1120. The monoisotopic (exact) mass is 487 g/mol. The molecule has 1 unspecified atom stereocenters. The van der Waals surface area contributed by atoms with Gasteiger partial charge in [-0.2, -0.15) is 0 Å². The van der Waals surface area contributed by atoms with Gasteiger partial charge in [0.25, 0.3) is 0 Å². The van der Waals surface area contributed by atoms with Gasteiger partial charge in [0.1, 0.15) is 0 Å². The largest absolute Gasteiger partial charge is 0.361 e. The lowest BCUT2D eigenvalue weighted by Gasteiger charge is -2.11. The highest BCUT2D eigenvalue weighted by Gasteiger charge is 2.06. The predicted octanol–water partition coefficient (Wildman–Crippen LogP) is 6.62. The second-order valence-electron chi connectivity index (χ2n) is 7.78. The second-order valence-corrected chi connectivity index (χ2v) is 9.68. The molecule has 0 aliphatic rings. The summed E-state index contributed by atoms with van der Waals surface area (Å²) in [6, 6.07) is 16.1. The van der Waals surface area contributed by atoms with Crippen LogP contribution in [0, 0.1) is 13.8 Å². The number of ether oxygens (including phenoxy) is 1. The number of benzene rings is 1. The molecule has 0 saturated heterocycles. The van der Waals surface area contributed by atoms with Gasteiger partial charge in [-0.3, -0.25) is 10.1 Å². The molecule has 3 aromatic heterocycles. The molecule has 7 heteroatoms. The Labute approximate surface area is 206 Å². The van der Waals surface area contributed by atoms with Crippen molar-refractivity contribution in [3.8, 4) is 0 Å². The van der Waals surface area contributed by atoms with Crippen LogP contribution < -0.4 is 10.9 Å². The Morgan fingerprint density at radius 1 is 1.12 bits per heavy atom. The first-order chi connectivity index (χ1) is 15.5. The third-order valence-corrected chi connectivity index (χ3v) is 7.29. The van der Waals surface area contributed by atoms with Crippen LogP contribution in [-0.2, 0) is 24.3 Å². The predicted molar refractivity (Wildman–Crippen MR) is 143 cm³/mol. The average molecular weight is 488 g/mol. The SMILES string of the molecule is C.CC(Cc1ccccc1)c1cc[nH]c(=O)c1.Cc1ccsc1CNCOCc1s[nH]c1C.[HH]. The second kappa shape index (κ2) is 14.0. The first-order valence-corrected chi connectivity index (χ1v) is 12.4. The zero-order valence-electron chi connectivity index (χ0n) is 18.8. The molecule has 4 rings (SSSR count). The molecule has 5 nitrogen and oxygen atoms in total. The molecule has 3 N–H and O–H groups in total. The highest BCUT2D eigenvalue weighted by molar-refractivity contribution is 7.10. The number of pyridine rings is 1. The normalized spacial score (nSPS) is 11.4. The summed E-state index contributed by atoms with van der Waals surface area (Å²) in [7, 11) is 0. The van der Waals surface area contributed by atoms with E-state index < -0.39 is 0 Å². The molecule has 1 aromatic carbocycles. The molecule has 180 valence electrons. The number of hydrogen-bond acceptors (Lipinski definition) is 5. The van der Waals surface area contributed by atoms with Crippen molar-refractivity contribution in [2.75, 3.05) is 6.73 Å². The highest BCUT2D eigenvalue weighted by atomic mass is 32.1. The number of aromatic amines is 2. The minimum Gasteiger partial charge on any atom is -0.361 e. The summed E-state index contributed by atoms with van der Waals surface area (Å²) < 4.78 is 8.65. The van der Waals surface area contributed by atoms with Crippen LogP contribution in [0.2, 0.25) is 0 Å². The maximum absolute atomic E-state index is 11.2.